The number of nitrogens with zero attached hydrogens (tertiary/aromatic N) is 3. The van der Waals surface area contributed by atoms with Crippen LogP contribution in [0.2, 0.25) is 0 Å². The molecule has 6 nitrogen and oxygen atoms in total. The van der Waals surface area contributed by atoms with Crippen molar-refractivity contribution in [3.8, 4) is 0 Å². The number of esters is 1. The van der Waals surface area contributed by atoms with E-state index in [0.717, 1.165) is 24.1 Å². The van der Waals surface area contributed by atoms with Gasteiger partial charge in [-0.2, -0.15) is 10.1 Å². The van der Waals surface area contributed by atoms with Gasteiger partial charge in [0.25, 0.3) is 0 Å². The van der Waals surface area contributed by atoms with Crippen LogP contribution in [0.4, 0.5) is 5.95 Å². The summed E-state index contributed by atoms with van der Waals surface area (Å²) in [5.41, 5.74) is 2.47. The summed E-state index contributed by atoms with van der Waals surface area (Å²) >= 11 is 0. The molecule has 0 bridgehead atoms. The lowest BCUT2D eigenvalue weighted by Gasteiger charge is -2.29. The molecule has 0 radical (unpaired) electrons. The molecule has 1 aliphatic heterocycles. The minimum atomic E-state index is -0.329. The molecule has 126 valence electrons. The van der Waals surface area contributed by atoms with Crippen LogP contribution in [0.5, 0.6) is 0 Å². The second kappa shape index (κ2) is 6.86. The largest absolute Gasteiger partial charge is 0.463 e. The van der Waals surface area contributed by atoms with E-state index >= 15 is 0 Å². The Morgan fingerprint density at radius 3 is 2.71 bits per heavy atom. The molecular weight excluding hydrogens is 304 g/mol. The SMILES string of the molecule is CCCC1=C(C(=O)OCC)C(c2ccccc2)n2nc(C)nc2N1. The highest BCUT2D eigenvalue weighted by molar-refractivity contribution is 5.92. The van der Waals surface area contributed by atoms with Crippen LogP contribution < -0.4 is 5.32 Å². The Morgan fingerprint density at radius 2 is 2.04 bits per heavy atom. The first kappa shape index (κ1) is 16.2. The number of benzene rings is 1. The summed E-state index contributed by atoms with van der Waals surface area (Å²) in [6, 6.07) is 9.55. The zero-order valence-corrected chi connectivity index (χ0v) is 14.2. The van der Waals surface area contributed by atoms with Gasteiger partial charge in [-0.25, -0.2) is 9.48 Å². The topological polar surface area (TPSA) is 69.0 Å². The van der Waals surface area contributed by atoms with E-state index < -0.39 is 0 Å². The minimum absolute atomic E-state index is 0.305. The number of allylic oxidation sites excluding steroid dienone is 1. The van der Waals surface area contributed by atoms with Crippen LogP contribution in [0.1, 0.15) is 44.1 Å². The average Bonchev–Trinajstić information content (AvgIpc) is 2.94. The van der Waals surface area contributed by atoms with E-state index in [9.17, 15) is 4.79 Å². The predicted octanol–water partition coefficient (Wildman–Crippen LogP) is 3.22. The van der Waals surface area contributed by atoms with Crippen molar-refractivity contribution in [2.24, 2.45) is 0 Å². The monoisotopic (exact) mass is 326 g/mol. The van der Waals surface area contributed by atoms with Crippen LogP contribution in [-0.4, -0.2) is 27.3 Å². The number of hydrogen-bond acceptors (Lipinski definition) is 5. The van der Waals surface area contributed by atoms with E-state index in [1.807, 2.05) is 44.2 Å². The third-order valence-electron chi connectivity index (χ3n) is 3.95. The van der Waals surface area contributed by atoms with Gasteiger partial charge in [-0.15, -0.1) is 0 Å². The summed E-state index contributed by atoms with van der Waals surface area (Å²) in [4.78, 5) is 17.2. The maximum Gasteiger partial charge on any atom is 0.338 e. The molecule has 6 heteroatoms. The molecule has 2 aromatic rings. The highest BCUT2D eigenvalue weighted by atomic mass is 16.5. The fourth-order valence-electron chi connectivity index (χ4n) is 3.02. The molecule has 24 heavy (non-hydrogen) atoms. The van der Waals surface area contributed by atoms with Crippen LogP contribution in [0.25, 0.3) is 0 Å². The Kier molecular flexibility index (Phi) is 4.64. The zero-order chi connectivity index (χ0) is 17.1. The Labute approximate surface area is 141 Å². The van der Waals surface area contributed by atoms with Gasteiger partial charge in [0.15, 0.2) is 0 Å². The standard InChI is InChI=1S/C18H22N4O2/c1-4-9-14-15(17(23)24-5-2)16(13-10-7-6-8-11-13)22-18(20-14)19-12(3)21-22/h6-8,10-11,16H,4-5,9H2,1-3H3,(H,19,20,21). The van der Waals surface area contributed by atoms with Crippen molar-refractivity contribution in [3.05, 3.63) is 53.0 Å². The van der Waals surface area contributed by atoms with Gasteiger partial charge in [-0.1, -0.05) is 43.7 Å². The molecule has 0 saturated carbocycles. The van der Waals surface area contributed by atoms with Gasteiger partial charge in [0.05, 0.1) is 12.2 Å². The van der Waals surface area contributed by atoms with Crippen molar-refractivity contribution >= 4 is 11.9 Å². The van der Waals surface area contributed by atoms with Gasteiger partial charge in [-0.05, 0) is 25.8 Å². The molecule has 1 aliphatic rings. The number of nitrogens with one attached hydrogen (secondary N) is 1. The highest BCUT2D eigenvalue weighted by Crippen LogP contribution is 2.36. The first-order valence-corrected chi connectivity index (χ1v) is 8.31. The molecular formula is C18H22N4O2. The molecule has 1 aromatic heterocycles. The number of rotatable bonds is 5. The van der Waals surface area contributed by atoms with Gasteiger partial charge in [0.1, 0.15) is 11.9 Å². The Balaban J connectivity index is 2.18. The van der Waals surface area contributed by atoms with E-state index in [-0.39, 0.29) is 12.0 Å². The molecule has 1 N–H and O–H groups in total. The predicted molar refractivity (Wildman–Crippen MR) is 91.5 cm³/mol. The van der Waals surface area contributed by atoms with Crippen LogP contribution in [0.3, 0.4) is 0 Å². The summed E-state index contributed by atoms with van der Waals surface area (Å²) in [7, 11) is 0. The molecule has 0 amide bonds. The number of aromatic nitrogens is 3. The van der Waals surface area contributed by atoms with Crippen molar-refractivity contribution in [2.75, 3.05) is 11.9 Å². The first-order valence-electron chi connectivity index (χ1n) is 8.31. The summed E-state index contributed by atoms with van der Waals surface area (Å²) in [5.74, 6) is 1.03. The van der Waals surface area contributed by atoms with E-state index in [0.29, 0.717) is 24.0 Å². The highest BCUT2D eigenvalue weighted by Gasteiger charge is 2.35. The van der Waals surface area contributed by atoms with Gasteiger partial charge in [0, 0.05) is 5.70 Å². The number of hydrogen-bond donors (Lipinski definition) is 1. The molecule has 0 spiro atoms. The molecule has 0 aliphatic carbocycles. The maximum absolute atomic E-state index is 12.7. The molecule has 2 heterocycles. The maximum atomic E-state index is 12.7. The van der Waals surface area contributed by atoms with Crippen molar-refractivity contribution in [3.63, 3.8) is 0 Å². The van der Waals surface area contributed by atoms with Crippen LogP contribution in [0.15, 0.2) is 41.6 Å². The normalized spacial score (nSPS) is 16.5. The molecule has 0 fully saturated rings. The lowest BCUT2D eigenvalue weighted by molar-refractivity contribution is -0.139. The number of fused-ring (bicyclic) bond motifs is 1. The van der Waals surface area contributed by atoms with Crippen LogP contribution in [-0.2, 0) is 9.53 Å². The van der Waals surface area contributed by atoms with Crippen molar-refractivity contribution < 1.29 is 9.53 Å². The second-order valence-electron chi connectivity index (χ2n) is 5.73. The van der Waals surface area contributed by atoms with Crippen molar-refractivity contribution in [2.45, 2.75) is 39.7 Å². The number of anilines is 1. The third kappa shape index (κ3) is 2.91. The summed E-state index contributed by atoms with van der Waals surface area (Å²) in [5, 5.41) is 7.77. The summed E-state index contributed by atoms with van der Waals surface area (Å²) in [6.07, 6.45) is 1.67. The van der Waals surface area contributed by atoms with Gasteiger partial charge >= 0.3 is 5.97 Å². The lowest BCUT2D eigenvalue weighted by atomic mass is 9.94. The Morgan fingerprint density at radius 1 is 1.29 bits per heavy atom. The molecule has 3 rings (SSSR count). The molecule has 1 unspecified atom stereocenters. The van der Waals surface area contributed by atoms with Crippen molar-refractivity contribution in [1.82, 2.24) is 14.8 Å². The van der Waals surface area contributed by atoms with E-state index in [1.165, 1.54) is 0 Å². The number of ether oxygens (including phenoxy) is 1. The van der Waals surface area contributed by atoms with Crippen molar-refractivity contribution in [1.29, 1.82) is 0 Å². The summed E-state index contributed by atoms with van der Waals surface area (Å²) < 4.78 is 7.11. The number of aryl methyl sites for hydroxylation is 1. The lowest BCUT2D eigenvalue weighted by Crippen LogP contribution is -2.30. The number of carbonyl (C=O) groups is 1. The van der Waals surface area contributed by atoms with E-state index in [1.54, 1.807) is 4.68 Å². The fourth-order valence-corrected chi connectivity index (χ4v) is 3.02. The first-order chi connectivity index (χ1) is 11.7. The smallest absolute Gasteiger partial charge is 0.338 e. The van der Waals surface area contributed by atoms with Gasteiger partial charge in [0.2, 0.25) is 5.95 Å². The third-order valence-corrected chi connectivity index (χ3v) is 3.95. The molecule has 0 saturated heterocycles. The Bertz CT molecular complexity index is 765. The van der Waals surface area contributed by atoms with Gasteiger partial charge < -0.3 is 10.1 Å². The quantitative estimate of drug-likeness (QED) is 0.854. The minimum Gasteiger partial charge on any atom is -0.463 e. The molecule has 1 atom stereocenters. The summed E-state index contributed by atoms with van der Waals surface area (Å²) in [6.45, 7) is 6.08. The zero-order valence-electron chi connectivity index (χ0n) is 14.2. The van der Waals surface area contributed by atoms with E-state index in [4.69, 9.17) is 4.74 Å². The average molecular weight is 326 g/mol. The Hall–Kier alpha value is -2.63. The fraction of sp³-hybridized carbons (Fsp3) is 0.389. The van der Waals surface area contributed by atoms with Crippen LogP contribution in [0, 0.1) is 6.92 Å². The second-order valence-corrected chi connectivity index (χ2v) is 5.73. The van der Waals surface area contributed by atoms with Gasteiger partial charge in [-0.3, -0.25) is 0 Å². The van der Waals surface area contributed by atoms with Crippen LogP contribution >= 0.6 is 0 Å². The van der Waals surface area contributed by atoms with E-state index in [2.05, 4.69) is 22.3 Å². The molecule has 1 aromatic carbocycles. The number of carbonyl (C=O) groups excluding carboxylic acids is 1.